The van der Waals surface area contributed by atoms with E-state index < -0.39 is 5.83 Å². The molecule has 0 N–H and O–H groups in total. The lowest BCUT2D eigenvalue weighted by Crippen LogP contribution is -1.78. The highest BCUT2D eigenvalue weighted by molar-refractivity contribution is 5.86. The van der Waals surface area contributed by atoms with Gasteiger partial charge in [-0.1, -0.05) is 36.4 Å². The molecule has 0 spiro atoms. The Morgan fingerprint density at radius 2 is 1.80 bits per heavy atom. The molecule has 2 aromatic rings. The van der Waals surface area contributed by atoms with Crippen molar-refractivity contribution >= 4 is 23.1 Å². The van der Waals surface area contributed by atoms with Crippen molar-refractivity contribution in [3.8, 4) is 0 Å². The first-order valence-electron chi connectivity index (χ1n) is 4.61. The lowest BCUT2D eigenvalue weighted by atomic mass is 10.1. The van der Waals surface area contributed by atoms with Crippen molar-refractivity contribution in [2.24, 2.45) is 0 Å². The molecule has 0 radical (unpaired) electrons. The molecule has 0 unspecified atom stereocenters. The van der Waals surface area contributed by atoms with Crippen LogP contribution in [0.5, 0.6) is 0 Å². The second-order valence-electron chi connectivity index (χ2n) is 3.25. The normalized spacial score (nSPS) is 11.7. The number of carbonyl (C=O) groups is 1. The van der Waals surface area contributed by atoms with Crippen molar-refractivity contribution in [1.82, 2.24) is 0 Å². The summed E-state index contributed by atoms with van der Waals surface area (Å²) in [5.74, 6) is -0.759. The Labute approximate surface area is 86.8 Å². The van der Waals surface area contributed by atoms with Crippen molar-refractivity contribution < 1.29 is 9.18 Å². The predicted molar refractivity (Wildman–Crippen MR) is 59.1 cm³/mol. The van der Waals surface area contributed by atoms with E-state index in [1.54, 1.807) is 6.07 Å². The van der Waals surface area contributed by atoms with Gasteiger partial charge in [0.25, 0.3) is 0 Å². The standard InChI is InChI=1S/C13H9FO/c14-13(9-15)8-10-5-6-11-3-1-2-4-12(11)7-10/h1-9H/b13-8-. The second kappa shape index (κ2) is 4.05. The van der Waals surface area contributed by atoms with Crippen molar-refractivity contribution in [2.45, 2.75) is 0 Å². The van der Waals surface area contributed by atoms with Crippen LogP contribution in [0.4, 0.5) is 4.39 Å². The summed E-state index contributed by atoms with van der Waals surface area (Å²) < 4.78 is 12.7. The van der Waals surface area contributed by atoms with Gasteiger partial charge in [0, 0.05) is 0 Å². The smallest absolute Gasteiger partial charge is 0.178 e. The van der Waals surface area contributed by atoms with Crippen LogP contribution in [0.25, 0.3) is 16.8 Å². The fourth-order valence-corrected chi connectivity index (χ4v) is 1.49. The summed E-state index contributed by atoms with van der Waals surface area (Å²) >= 11 is 0. The maximum atomic E-state index is 12.7. The highest BCUT2D eigenvalue weighted by atomic mass is 19.1. The van der Waals surface area contributed by atoms with Crippen LogP contribution in [0.3, 0.4) is 0 Å². The molecule has 0 atom stereocenters. The fourth-order valence-electron chi connectivity index (χ4n) is 1.49. The minimum absolute atomic E-state index is 0.204. The zero-order valence-corrected chi connectivity index (χ0v) is 7.98. The molecule has 74 valence electrons. The molecular weight excluding hydrogens is 191 g/mol. The van der Waals surface area contributed by atoms with Gasteiger partial charge in [0.15, 0.2) is 12.1 Å². The highest BCUT2D eigenvalue weighted by Gasteiger charge is 1.95. The van der Waals surface area contributed by atoms with E-state index in [0.29, 0.717) is 5.56 Å². The van der Waals surface area contributed by atoms with E-state index in [1.807, 2.05) is 36.4 Å². The Bertz CT molecular complexity index is 529. The summed E-state index contributed by atoms with van der Waals surface area (Å²) in [6, 6.07) is 13.3. The molecule has 0 heterocycles. The van der Waals surface area contributed by atoms with E-state index in [-0.39, 0.29) is 6.29 Å². The summed E-state index contributed by atoms with van der Waals surface area (Å²) in [6.07, 6.45) is 1.43. The third-order valence-corrected chi connectivity index (χ3v) is 2.19. The van der Waals surface area contributed by atoms with Crippen LogP contribution in [-0.4, -0.2) is 6.29 Å². The van der Waals surface area contributed by atoms with Crippen LogP contribution >= 0.6 is 0 Å². The van der Waals surface area contributed by atoms with Gasteiger partial charge >= 0.3 is 0 Å². The second-order valence-corrected chi connectivity index (χ2v) is 3.25. The zero-order valence-electron chi connectivity index (χ0n) is 7.98. The quantitative estimate of drug-likeness (QED) is 0.536. The third-order valence-electron chi connectivity index (χ3n) is 2.19. The van der Waals surface area contributed by atoms with Crippen molar-refractivity contribution in [1.29, 1.82) is 0 Å². The minimum atomic E-state index is -0.759. The molecule has 0 saturated carbocycles. The Kier molecular flexibility index (Phi) is 2.59. The summed E-state index contributed by atoms with van der Waals surface area (Å²) in [7, 11) is 0. The fraction of sp³-hybridized carbons (Fsp3) is 0. The van der Waals surface area contributed by atoms with Crippen molar-refractivity contribution in [3.05, 3.63) is 53.9 Å². The van der Waals surface area contributed by atoms with Crippen LogP contribution in [0, 0.1) is 0 Å². The monoisotopic (exact) mass is 200 g/mol. The van der Waals surface area contributed by atoms with Crippen LogP contribution < -0.4 is 0 Å². The number of aldehydes is 1. The van der Waals surface area contributed by atoms with Gasteiger partial charge in [-0.2, -0.15) is 0 Å². The molecule has 0 fully saturated rings. The molecule has 0 bridgehead atoms. The lowest BCUT2D eigenvalue weighted by molar-refractivity contribution is -0.106. The molecule has 15 heavy (non-hydrogen) atoms. The molecule has 0 aromatic heterocycles. The third kappa shape index (κ3) is 2.10. The van der Waals surface area contributed by atoms with E-state index >= 15 is 0 Å². The molecule has 0 aliphatic carbocycles. The van der Waals surface area contributed by atoms with Crippen molar-refractivity contribution in [3.63, 3.8) is 0 Å². The topological polar surface area (TPSA) is 17.1 Å². The van der Waals surface area contributed by atoms with Gasteiger partial charge in [-0.05, 0) is 28.5 Å². The van der Waals surface area contributed by atoms with E-state index in [9.17, 15) is 9.18 Å². The lowest BCUT2D eigenvalue weighted by Gasteiger charge is -1.98. The molecule has 2 aromatic carbocycles. The average Bonchev–Trinajstić information content (AvgIpc) is 2.29. The largest absolute Gasteiger partial charge is 0.295 e. The molecule has 0 saturated heterocycles. The Balaban J connectivity index is 2.52. The van der Waals surface area contributed by atoms with E-state index in [2.05, 4.69) is 0 Å². The van der Waals surface area contributed by atoms with Crippen LogP contribution in [0.15, 0.2) is 48.3 Å². The minimum Gasteiger partial charge on any atom is -0.295 e. The van der Waals surface area contributed by atoms with E-state index in [1.165, 1.54) is 6.08 Å². The molecule has 2 rings (SSSR count). The molecule has 2 heteroatoms. The Morgan fingerprint density at radius 1 is 1.07 bits per heavy atom. The number of carbonyl (C=O) groups excluding carboxylic acids is 1. The number of halogens is 1. The summed E-state index contributed by atoms with van der Waals surface area (Å²) in [5, 5.41) is 2.13. The predicted octanol–water partition coefficient (Wildman–Crippen LogP) is 3.35. The molecule has 0 aliphatic rings. The molecule has 0 amide bonds. The van der Waals surface area contributed by atoms with Gasteiger partial charge in [-0.3, -0.25) is 4.79 Å². The number of rotatable bonds is 2. The van der Waals surface area contributed by atoms with Crippen LogP contribution in [0.1, 0.15) is 5.56 Å². The summed E-state index contributed by atoms with van der Waals surface area (Å²) in [5.41, 5.74) is 0.693. The average molecular weight is 200 g/mol. The summed E-state index contributed by atoms with van der Waals surface area (Å²) in [6.45, 7) is 0. The van der Waals surface area contributed by atoms with Gasteiger partial charge in [-0.25, -0.2) is 4.39 Å². The Morgan fingerprint density at radius 3 is 2.53 bits per heavy atom. The van der Waals surface area contributed by atoms with Gasteiger partial charge in [-0.15, -0.1) is 0 Å². The first-order valence-corrected chi connectivity index (χ1v) is 4.61. The molecule has 1 nitrogen and oxygen atoms in total. The molecule has 0 aliphatic heterocycles. The number of hydrogen-bond acceptors (Lipinski definition) is 1. The van der Waals surface area contributed by atoms with Gasteiger partial charge in [0.1, 0.15) is 0 Å². The Hall–Kier alpha value is -1.96. The number of benzene rings is 2. The van der Waals surface area contributed by atoms with Gasteiger partial charge in [0.2, 0.25) is 0 Å². The number of fused-ring (bicyclic) bond motifs is 1. The van der Waals surface area contributed by atoms with E-state index in [4.69, 9.17) is 0 Å². The highest BCUT2D eigenvalue weighted by Crippen LogP contribution is 2.17. The van der Waals surface area contributed by atoms with Crippen molar-refractivity contribution in [2.75, 3.05) is 0 Å². The molecular formula is C13H9FO. The SMILES string of the molecule is O=C/C(F)=C/c1ccc2ccccc2c1. The van der Waals surface area contributed by atoms with Gasteiger partial charge in [0.05, 0.1) is 0 Å². The maximum Gasteiger partial charge on any atom is 0.178 e. The van der Waals surface area contributed by atoms with Crippen LogP contribution in [-0.2, 0) is 4.79 Å². The number of hydrogen-bond donors (Lipinski definition) is 0. The van der Waals surface area contributed by atoms with Gasteiger partial charge < -0.3 is 0 Å². The zero-order chi connectivity index (χ0) is 10.7. The summed E-state index contributed by atoms with van der Waals surface area (Å²) in [4.78, 5) is 10.1. The first kappa shape index (κ1) is 9.59. The van der Waals surface area contributed by atoms with Crippen LogP contribution in [0.2, 0.25) is 0 Å². The maximum absolute atomic E-state index is 12.7. The number of allylic oxidation sites excluding steroid dienone is 1. The first-order chi connectivity index (χ1) is 7.29. The van der Waals surface area contributed by atoms with E-state index in [0.717, 1.165) is 10.8 Å².